The molecule has 0 saturated heterocycles. The van der Waals surface area contributed by atoms with Gasteiger partial charge in [-0.3, -0.25) is 4.79 Å². The number of hydrogen-bond donors (Lipinski definition) is 3. The lowest BCUT2D eigenvalue weighted by Crippen LogP contribution is -2.55. The Morgan fingerprint density at radius 1 is 0.881 bits per heavy atom. The lowest BCUT2D eigenvalue weighted by Gasteiger charge is -2.25. The minimum atomic E-state index is -3.49. The number of amides is 2. The van der Waals surface area contributed by atoms with E-state index in [9.17, 15) is 27.9 Å². The SMILES string of the molecule is CC(OCc1ccccc1)C(NC(=O)C(CCS(C)(=O)=O)NC(=O)OCC1c2ccccc2-c2ccccc21)C(=O)O. The molecule has 4 rings (SSSR count). The molecule has 0 aliphatic heterocycles. The van der Waals surface area contributed by atoms with Gasteiger partial charge in [-0.2, -0.15) is 0 Å². The van der Waals surface area contributed by atoms with E-state index < -0.39 is 51.7 Å². The third-order valence-corrected chi connectivity index (χ3v) is 8.10. The molecule has 3 aromatic carbocycles. The van der Waals surface area contributed by atoms with Crippen LogP contribution in [0, 0.1) is 0 Å². The highest BCUT2D eigenvalue weighted by molar-refractivity contribution is 7.90. The Kier molecular flexibility index (Phi) is 9.97. The van der Waals surface area contributed by atoms with Gasteiger partial charge in [-0.05, 0) is 41.2 Å². The number of nitrogens with one attached hydrogen (secondary N) is 2. The maximum atomic E-state index is 13.2. The van der Waals surface area contributed by atoms with Crippen molar-refractivity contribution in [3.05, 3.63) is 95.6 Å². The number of aliphatic carboxylic acids is 1. The van der Waals surface area contributed by atoms with Crippen molar-refractivity contribution in [2.24, 2.45) is 0 Å². The topological polar surface area (TPSA) is 148 Å². The van der Waals surface area contributed by atoms with Gasteiger partial charge in [-0.25, -0.2) is 18.0 Å². The van der Waals surface area contributed by atoms with E-state index in [1.807, 2.05) is 78.9 Å². The van der Waals surface area contributed by atoms with Crippen molar-refractivity contribution in [1.82, 2.24) is 10.6 Å². The van der Waals surface area contributed by atoms with Crippen LogP contribution in [0.15, 0.2) is 78.9 Å². The molecule has 3 unspecified atom stereocenters. The van der Waals surface area contributed by atoms with Crippen molar-refractivity contribution < 1.29 is 37.4 Å². The summed E-state index contributed by atoms with van der Waals surface area (Å²) in [6.07, 6.45) is -1.13. The standard InChI is InChI=1S/C31H34N2O8S/c1-20(40-18-21-10-4-3-5-11-21)28(30(35)36)33-29(34)27(16-17-42(2,38)39)32-31(37)41-19-26-24-14-8-6-12-22(24)23-13-7-9-15-25(23)26/h3-15,20,26-28H,16-19H2,1-2H3,(H,32,37)(H,33,34)(H,35,36). The van der Waals surface area contributed by atoms with Crippen LogP contribution >= 0.6 is 0 Å². The predicted octanol–water partition coefficient (Wildman–Crippen LogP) is 3.50. The summed E-state index contributed by atoms with van der Waals surface area (Å²) < 4.78 is 34.9. The molecule has 3 N–H and O–H groups in total. The first-order chi connectivity index (χ1) is 20.0. The van der Waals surface area contributed by atoms with Gasteiger partial charge in [0.05, 0.1) is 18.5 Å². The third-order valence-electron chi connectivity index (χ3n) is 7.12. The Morgan fingerprint density at radius 3 is 2.02 bits per heavy atom. The minimum Gasteiger partial charge on any atom is -0.480 e. The number of ether oxygens (including phenoxy) is 2. The molecule has 11 heteroatoms. The summed E-state index contributed by atoms with van der Waals surface area (Å²) >= 11 is 0. The fourth-order valence-corrected chi connectivity index (χ4v) is 5.58. The van der Waals surface area contributed by atoms with Gasteiger partial charge in [0.2, 0.25) is 5.91 Å². The molecule has 3 aromatic rings. The van der Waals surface area contributed by atoms with E-state index in [1.54, 1.807) is 0 Å². The molecule has 0 aromatic heterocycles. The Bertz CT molecular complexity index is 1480. The summed E-state index contributed by atoms with van der Waals surface area (Å²) in [5.41, 5.74) is 4.94. The number of hydrogen-bond acceptors (Lipinski definition) is 7. The smallest absolute Gasteiger partial charge is 0.407 e. The van der Waals surface area contributed by atoms with Gasteiger partial charge in [-0.1, -0.05) is 78.9 Å². The van der Waals surface area contributed by atoms with E-state index in [4.69, 9.17) is 9.47 Å². The number of carbonyl (C=O) groups excluding carboxylic acids is 2. The maximum Gasteiger partial charge on any atom is 0.407 e. The largest absolute Gasteiger partial charge is 0.480 e. The Balaban J connectivity index is 1.41. The van der Waals surface area contributed by atoms with E-state index in [0.717, 1.165) is 34.1 Å². The zero-order valence-corrected chi connectivity index (χ0v) is 24.2. The third kappa shape index (κ3) is 7.95. The van der Waals surface area contributed by atoms with E-state index in [0.29, 0.717) is 0 Å². The number of carboxylic acid groups (broad SMARTS) is 1. The number of alkyl carbamates (subject to hydrolysis) is 1. The van der Waals surface area contributed by atoms with Crippen LogP contribution < -0.4 is 10.6 Å². The molecule has 0 radical (unpaired) electrons. The molecule has 0 saturated carbocycles. The van der Waals surface area contributed by atoms with Crippen molar-refractivity contribution in [1.29, 1.82) is 0 Å². The van der Waals surface area contributed by atoms with Gasteiger partial charge >= 0.3 is 12.1 Å². The second kappa shape index (κ2) is 13.6. The zero-order valence-electron chi connectivity index (χ0n) is 23.4. The van der Waals surface area contributed by atoms with Crippen molar-refractivity contribution in [2.45, 2.75) is 44.1 Å². The molecule has 0 spiro atoms. The van der Waals surface area contributed by atoms with Crippen LogP contribution in [0.1, 0.15) is 36.0 Å². The number of sulfone groups is 1. The lowest BCUT2D eigenvalue weighted by molar-refractivity contribution is -0.146. The van der Waals surface area contributed by atoms with E-state index in [-0.39, 0.29) is 25.6 Å². The number of fused-ring (bicyclic) bond motifs is 3. The number of rotatable bonds is 13. The molecule has 0 fully saturated rings. The van der Waals surface area contributed by atoms with Crippen LogP contribution in [0.5, 0.6) is 0 Å². The van der Waals surface area contributed by atoms with Crippen LogP contribution in [0.25, 0.3) is 11.1 Å². The minimum absolute atomic E-state index is 0.0115. The zero-order chi connectivity index (χ0) is 30.3. The summed E-state index contributed by atoms with van der Waals surface area (Å²) in [7, 11) is -3.49. The second-order valence-corrected chi connectivity index (χ2v) is 12.5. The quantitative estimate of drug-likeness (QED) is 0.272. The molecule has 1 aliphatic carbocycles. The van der Waals surface area contributed by atoms with Crippen molar-refractivity contribution in [3.63, 3.8) is 0 Å². The maximum absolute atomic E-state index is 13.2. The molecule has 42 heavy (non-hydrogen) atoms. The summed E-state index contributed by atoms with van der Waals surface area (Å²) in [6, 6.07) is 21.9. The molecule has 222 valence electrons. The Labute approximate surface area is 245 Å². The van der Waals surface area contributed by atoms with Gasteiger partial charge in [0.25, 0.3) is 0 Å². The molecule has 1 aliphatic rings. The molecule has 10 nitrogen and oxygen atoms in total. The second-order valence-electron chi connectivity index (χ2n) is 10.3. The van der Waals surface area contributed by atoms with Gasteiger partial charge < -0.3 is 25.2 Å². The Morgan fingerprint density at radius 2 is 1.45 bits per heavy atom. The van der Waals surface area contributed by atoms with Crippen molar-refractivity contribution in [2.75, 3.05) is 18.6 Å². The fourth-order valence-electron chi connectivity index (χ4n) is 4.91. The normalized spacial score (nSPS) is 14.6. The van der Waals surface area contributed by atoms with Gasteiger partial charge in [0, 0.05) is 12.2 Å². The number of carboxylic acids is 1. The van der Waals surface area contributed by atoms with Crippen LogP contribution in [-0.2, 0) is 35.5 Å². The highest BCUT2D eigenvalue weighted by atomic mass is 32.2. The average Bonchev–Trinajstić information content (AvgIpc) is 3.29. The average molecular weight is 595 g/mol. The number of carbonyl (C=O) groups is 3. The molecular formula is C31H34N2O8S. The molecule has 3 atom stereocenters. The lowest BCUT2D eigenvalue weighted by atomic mass is 9.98. The highest BCUT2D eigenvalue weighted by Gasteiger charge is 2.33. The van der Waals surface area contributed by atoms with E-state index >= 15 is 0 Å². The van der Waals surface area contributed by atoms with Gasteiger partial charge in [-0.15, -0.1) is 0 Å². The fraction of sp³-hybridized carbons (Fsp3) is 0.323. The van der Waals surface area contributed by atoms with E-state index in [1.165, 1.54) is 6.92 Å². The summed E-state index contributed by atoms with van der Waals surface area (Å²) in [5, 5.41) is 14.6. The van der Waals surface area contributed by atoms with Crippen LogP contribution in [0.3, 0.4) is 0 Å². The predicted molar refractivity (Wildman–Crippen MR) is 157 cm³/mol. The molecule has 0 bridgehead atoms. The first-order valence-corrected chi connectivity index (χ1v) is 15.6. The van der Waals surface area contributed by atoms with Crippen LogP contribution in [0.2, 0.25) is 0 Å². The number of benzene rings is 3. The summed E-state index contributed by atoms with van der Waals surface area (Å²) in [6.45, 7) is 1.62. The van der Waals surface area contributed by atoms with Crippen LogP contribution in [-0.4, -0.2) is 68.3 Å². The summed E-state index contributed by atoms with van der Waals surface area (Å²) in [5.74, 6) is -2.83. The van der Waals surface area contributed by atoms with Crippen molar-refractivity contribution >= 4 is 27.8 Å². The van der Waals surface area contributed by atoms with E-state index in [2.05, 4.69) is 10.6 Å². The van der Waals surface area contributed by atoms with Gasteiger partial charge in [0.15, 0.2) is 6.04 Å². The molecular weight excluding hydrogens is 560 g/mol. The first-order valence-electron chi connectivity index (χ1n) is 13.5. The van der Waals surface area contributed by atoms with Gasteiger partial charge in [0.1, 0.15) is 22.5 Å². The first kappa shape index (κ1) is 30.7. The molecule has 0 heterocycles. The van der Waals surface area contributed by atoms with Crippen molar-refractivity contribution in [3.8, 4) is 11.1 Å². The Hall–Kier alpha value is -4.22. The molecule has 2 amide bonds. The van der Waals surface area contributed by atoms with Crippen LogP contribution in [0.4, 0.5) is 4.79 Å². The monoisotopic (exact) mass is 594 g/mol. The summed E-state index contributed by atoms with van der Waals surface area (Å²) in [4.78, 5) is 38.1. The highest BCUT2D eigenvalue weighted by Crippen LogP contribution is 2.44.